The third kappa shape index (κ3) is 6.92. The van der Waals surface area contributed by atoms with Gasteiger partial charge in [-0.2, -0.15) is 0 Å². The lowest BCUT2D eigenvalue weighted by Crippen LogP contribution is -2.56. The first-order valence-electron chi connectivity index (χ1n) is 19.6. The molecule has 3 heterocycles. The van der Waals surface area contributed by atoms with E-state index in [1.807, 2.05) is 110 Å². The molecule has 5 aliphatic rings. The van der Waals surface area contributed by atoms with Gasteiger partial charge in [0.1, 0.15) is 24.5 Å². The van der Waals surface area contributed by atoms with E-state index in [4.69, 9.17) is 15.2 Å². The molecule has 3 aromatic carbocycles. The number of hydrogen-bond acceptors (Lipinski definition) is 8. The molecule has 3 saturated heterocycles. The highest BCUT2D eigenvalue weighted by Gasteiger charge is 2.76. The molecule has 9 atom stereocenters. The molecule has 3 aliphatic heterocycles. The number of morpholine rings is 1. The monoisotopic (exact) mass is 895 g/mol. The lowest BCUT2D eigenvalue weighted by Gasteiger charge is -2.47. The highest BCUT2D eigenvalue weighted by Crippen LogP contribution is 2.66. The number of amides is 5. The summed E-state index contributed by atoms with van der Waals surface area (Å²) in [4.78, 5) is 60.8. The van der Waals surface area contributed by atoms with Crippen molar-refractivity contribution in [2.24, 2.45) is 17.1 Å². The summed E-state index contributed by atoms with van der Waals surface area (Å²) in [6.07, 6.45) is 13.0. The Morgan fingerprint density at radius 2 is 1.71 bits per heavy atom. The van der Waals surface area contributed by atoms with E-state index in [0.29, 0.717) is 11.3 Å². The molecule has 5 N–H and O–H groups in total. The van der Waals surface area contributed by atoms with Crippen molar-refractivity contribution in [1.29, 1.82) is 0 Å². The third-order valence-corrected chi connectivity index (χ3v) is 13.7. The summed E-state index contributed by atoms with van der Waals surface area (Å²) in [6.45, 7) is 1.94. The number of benzene rings is 3. The molecule has 300 valence electrons. The number of nitrogens with zero attached hydrogens (tertiary/aromatic N) is 2. The number of imide groups is 1. The Balaban J connectivity index is 1.33. The van der Waals surface area contributed by atoms with Crippen molar-refractivity contribution in [3.05, 3.63) is 149 Å². The third-order valence-electron chi connectivity index (χ3n) is 12.0. The Hall–Kier alpha value is -5.25. The Morgan fingerprint density at radius 1 is 0.983 bits per heavy atom. The maximum Gasteiger partial charge on any atom is 0.325 e. The van der Waals surface area contributed by atoms with Gasteiger partial charge in [0.15, 0.2) is 0 Å². The van der Waals surface area contributed by atoms with Crippen molar-refractivity contribution in [1.82, 2.24) is 20.4 Å². The highest BCUT2D eigenvalue weighted by atomic mass is 127. The molecule has 12 nitrogen and oxygen atoms in total. The molecule has 3 aromatic rings. The van der Waals surface area contributed by atoms with Crippen LogP contribution in [0.4, 0.5) is 9.59 Å². The van der Waals surface area contributed by atoms with Gasteiger partial charge in [-0.15, -0.1) is 0 Å². The maximum absolute atomic E-state index is 16.0. The second-order valence-corrected chi connectivity index (χ2v) is 16.6. The van der Waals surface area contributed by atoms with Gasteiger partial charge >= 0.3 is 18.0 Å². The van der Waals surface area contributed by atoms with Crippen LogP contribution >= 0.6 is 22.6 Å². The van der Waals surface area contributed by atoms with Crippen LogP contribution in [0.15, 0.2) is 133 Å². The number of nitrogens with two attached hydrogens (primary N) is 1. The van der Waals surface area contributed by atoms with E-state index in [2.05, 4.69) is 56.4 Å². The first-order valence-corrected chi connectivity index (χ1v) is 20.9. The fourth-order valence-electron chi connectivity index (χ4n) is 9.51. The topological polar surface area (TPSA) is 164 Å². The van der Waals surface area contributed by atoms with Crippen LogP contribution in [0, 0.1) is 11.3 Å². The van der Waals surface area contributed by atoms with Crippen molar-refractivity contribution < 1.29 is 33.8 Å². The first-order chi connectivity index (χ1) is 28.1. The zero-order valence-corrected chi connectivity index (χ0v) is 34.1. The quantitative estimate of drug-likeness (QED) is 0.110. The SMILES string of the molecule is C[C@H](NC(=O)N1C(=O)[C@@]2(C3C=C(CNC(N)=O)C=CC31)[C@H](c1ccc(OCCO)cc1)N1[C@H](C3=CCCC=C3)[C@H](c3ccccc3)OC(=O)[C@H]1[C@@H]2I)c1ccccc1. The van der Waals surface area contributed by atoms with Gasteiger partial charge in [0.2, 0.25) is 5.91 Å². The van der Waals surface area contributed by atoms with E-state index in [-0.39, 0.29) is 19.8 Å². The minimum absolute atomic E-state index is 0.107. The predicted octanol–water partition coefficient (Wildman–Crippen LogP) is 5.98. The van der Waals surface area contributed by atoms with Crippen LogP contribution < -0.4 is 21.1 Å². The number of aliphatic hydroxyl groups excluding tert-OH is 1. The van der Waals surface area contributed by atoms with Gasteiger partial charge in [0, 0.05) is 12.5 Å². The van der Waals surface area contributed by atoms with Crippen molar-refractivity contribution in [2.75, 3.05) is 19.8 Å². The van der Waals surface area contributed by atoms with Crippen LogP contribution in [-0.4, -0.2) is 80.7 Å². The van der Waals surface area contributed by atoms with Gasteiger partial charge < -0.3 is 30.9 Å². The summed E-state index contributed by atoms with van der Waals surface area (Å²) in [7, 11) is 0. The number of nitrogens with one attached hydrogen (secondary N) is 2. The Morgan fingerprint density at radius 3 is 2.38 bits per heavy atom. The molecule has 2 aliphatic carbocycles. The van der Waals surface area contributed by atoms with Crippen molar-refractivity contribution in [3.63, 3.8) is 0 Å². The van der Waals surface area contributed by atoms with Crippen LogP contribution in [0.25, 0.3) is 0 Å². The van der Waals surface area contributed by atoms with E-state index in [1.54, 1.807) is 0 Å². The summed E-state index contributed by atoms with van der Waals surface area (Å²) in [5.74, 6) is -0.977. The summed E-state index contributed by atoms with van der Waals surface area (Å²) in [5, 5.41) is 15.2. The normalized spacial score (nSPS) is 29.2. The molecule has 0 radical (unpaired) electrons. The summed E-state index contributed by atoms with van der Waals surface area (Å²) in [6, 6.07) is 22.1. The molecule has 58 heavy (non-hydrogen) atoms. The molecular formula is C45H46IN5O7. The molecule has 0 aromatic heterocycles. The lowest BCUT2D eigenvalue weighted by molar-refractivity contribution is -0.171. The molecule has 2 unspecified atom stereocenters. The second-order valence-electron chi connectivity index (χ2n) is 15.3. The number of esters is 1. The molecular weight excluding hydrogens is 849 g/mol. The molecule has 5 amide bonds. The number of likely N-dealkylation sites (tertiary alicyclic amines) is 1. The van der Waals surface area contributed by atoms with Gasteiger partial charge in [-0.05, 0) is 59.7 Å². The van der Waals surface area contributed by atoms with Gasteiger partial charge in [-0.25, -0.2) is 9.59 Å². The highest BCUT2D eigenvalue weighted by molar-refractivity contribution is 14.1. The minimum Gasteiger partial charge on any atom is -0.491 e. The number of carbonyl (C=O) groups excluding carboxylic acids is 4. The summed E-state index contributed by atoms with van der Waals surface area (Å²) < 4.78 is 11.6. The van der Waals surface area contributed by atoms with E-state index < -0.39 is 75.5 Å². The average molecular weight is 896 g/mol. The minimum atomic E-state index is -1.42. The number of fused-ring (bicyclic) bond motifs is 3. The van der Waals surface area contributed by atoms with Crippen LogP contribution in [0.2, 0.25) is 0 Å². The van der Waals surface area contributed by atoms with Gasteiger partial charge in [-0.1, -0.05) is 132 Å². The van der Waals surface area contributed by atoms with Gasteiger partial charge in [0.25, 0.3) is 0 Å². The fourth-order valence-corrected chi connectivity index (χ4v) is 11.2. The number of ether oxygens (including phenoxy) is 2. The first kappa shape index (κ1) is 39.6. The molecule has 8 rings (SSSR count). The Kier molecular flexibility index (Phi) is 11.3. The van der Waals surface area contributed by atoms with Gasteiger partial charge in [0.05, 0.1) is 40.1 Å². The Labute approximate surface area is 350 Å². The van der Waals surface area contributed by atoms with Crippen LogP contribution in [0.3, 0.4) is 0 Å². The maximum atomic E-state index is 16.0. The smallest absolute Gasteiger partial charge is 0.325 e. The number of alkyl halides is 1. The van der Waals surface area contributed by atoms with Crippen molar-refractivity contribution in [2.45, 2.75) is 60.0 Å². The number of cyclic esters (lactones) is 1. The van der Waals surface area contributed by atoms with E-state index >= 15 is 4.79 Å². The van der Waals surface area contributed by atoms with E-state index in [0.717, 1.165) is 35.1 Å². The van der Waals surface area contributed by atoms with Crippen molar-refractivity contribution in [3.8, 4) is 5.75 Å². The summed E-state index contributed by atoms with van der Waals surface area (Å²) in [5.41, 5.74) is 8.23. The largest absolute Gasteiger partial charge is 0.491 e. The number of rotatable bonds is 10. The lowest BCUT2D eigenvalue weighted by atomic mass is 9.65. The van der Waals surface area contributed by atoms with Crippen LogP contribution in [0.5, 0.6) is 5.75 Å². The fraction of sp³-hybridized carbons (Fsp3) is 0.333. The van der Waals surface area contributed by atoms with Crippen LogP contribution in [-0.2, 0) is 14.3 Å². The molecule has 1 spiro atoms. The number of primary amides is 1. The molecule has 3 fully saturated rings. The number of halogens is 1. The average Bonchev–Trinajstić information content (AvgIpc) is 3.67. The number of hydrogen-bond donors (Lipinski definition) is 4. The van der Waals surface area contributed by atoms with Crippen LogP contribution in [0.1, 0.15) is 54.6 Å². The predicted molar refractivity (Wildman–Crippen MR) is 225 cm³/mol. The molecule has 0 saturated carbocycles. The number of allylic oxidation sites excluding steroid dienone is 2. The zero-order valence-electron chi connectivity index (χ0n) is 31.9. The summed E-state index contributed by atoms with van der Waals surface area (Å²) >= 11 is 2.26. The molecule has 13 heteroatoms. The zero-order chi connectivity index (χ0) is 40.6. The molecule has 0 bridgehead atoms. The number of urea groups is 2. The Bertz CT molecular complexity index is 2180. The van der Waals surface area contributed by atoms with E-state index in [9.17, 15) is 19.5 Å². The number of carbonyl (C=O) groups is 4. The standard InChI is InChI=1S/C45H46IN5O7/c1-27(29-11-5-2-6-12-29)49-44(56)50-35-22-17-28(26-48-43(47)55)25-34(35)45(42(50)54)39(46)37-41(53)58-38(31-15-9-4-10-16-31)36(30-13-7-3-8-14-30)51(37)40(45)32-18-20-33(21-19-32)57-24-23-52/h2,4-7,9-22,25,27,34-40,52H,3,8,23-24,26H2,1H3,(H,49,56)(H3,47,48,55)/t27-,34?,35?,36+,37+,38-,39-,40-,45+/m0/s1. The second kappa shape index (κ2) is 16.5. The number of aliphatic hydroxyl groups is 1. The van der Waals surface area contributed by atoms with Crippen molar-refractivity contribution >= 4 is 46.5 Å². The van der Waals surface area contributed by atoms with E-state index in [1.165, 1.54) is 4.90 Å². The van der Waals surface area contributed by atoms with Gasteiger partial charge in [-0.3, -0.25) is 19.4 Å².